The highest BCUT2D eigenvalue weighted by Gasteiger charge is 2.11. The molecule has 0 spiro atoms. The largest absolute Gasteiger partial charge is 0.508 e. The van der Waals surface area contributed by atoms with Gasteiger partial charge in [-0.05, 0) is 49.7 Å². The Hall–Kier alpha value is -2.09. The normalized spacial score (nSPS) is 10.2. The summed E-state index contributed by atoms with van der Waals surface area (Å²) in [5, 5.41) is 9.20. The molecule has 0 aliphatic carbocycles. The monoisotopic (exact) mass is 226 g/mol. The molecule has 0 atom stereocenters. The Balaban J connectivity index is 2.43. The summed E-state index contributed by atoms with van der Waals surface area (Å²) in [6.45, 7) is 3.89. The lowest BCUT2D eigenvalue weighted by Gasteiger charge is -2.06. The summed E-state index contributed by atoms with van der Waals surface area (Å²) in [6, 6.07) is 12.2. The number of ketones is 1. The number of benzene rings is 2. The van der Waals surface area contributed by atoms with Gasteiger partial charge in [0, 0.05) is 11.1 Å². The minimum absolute atomic E-state index is 0.00815. The minimum atomic E-state index is -0.00815. The zero-order chi connectivity index (χ0) is 12.4. The molecule has 2 aromatic carbocycles. The number of aryl methyl sites for hydroxylation is 2. The fraction of sp³-hybridized carbons (Fsp3) is 0.133. The Bertz CT molecular complexity index is 554. The number of hydrogen-bond donors (Lipinski definition) is 1. The van der Waals surface area contributed by atoms with Gasteiger partial charge in [0.1, 0.15) is 5.75 Å². The Morgan fingerprint density at radius 2 is 1.65 bits per heavy atom. The zero-order valence-corrected chi connectivity index (χ0v) is 9.90. The second-order valence-electron chi connectivity index (χ2n) is 4.19. The third kappa shape index (κ3) is 2.36. The molecular formula is C15H14O2. The molecule has 0 fully saturated rings. The molecular weight excluding hydrogens is 212 g/mol. The average molecular weight is 226 g/mol. The van der Waals surface area contributed by atoms with Gasteiger partial charge in [0.25, 0.3) is 0 Å². The quantitative estimate of drug-likeness (QED) is 0.798. The summed E-state index contributed by atoms with van der Waals surface area (Å²) >= 11 is 0. The first-order valence-electron chi connectivity index (χ1n) is 5.49. The molecule has 0 amide bonds. The van der Waals surface area contributed by atoms with Gasteiger partial charge in [-0.2, -0.15) is 0 Å². The van der Waals surface area contributed by atoms with Crippen LogP contribution in [0, 0.1) is 13.8 Å². The van der Waals surface area contributed by atoms with Gasteiger partial charge < -0.3 is 5.11 Å². The highest BCUT2D eigenvalue weighted by molar-refractivity contribution is 6.10. The van der Waals surface area contributed by atoms with E-state index in [0.717, 1.165) is 16.7 Å². The van der Waals surface area contributed by atoms with Crippen LogP contribution in [0.25, 0.3) is 0 Å². The van der Waals surface area contributed by atoms with Gasteiger partial charge in [0.2, 0.25) is 0 Å². The van der Waals surface area contributed by atoms with E-state index in [-0.39, 0.29) is 11.5 Å². The number of phenols is 1. The van der Waals surface area contributed by atoms with Crippen LogP contribution in [0.1, 0.15) is 27.0 Å². The Labute approximate surface area is 101 Å². The van der Waals surface area contributed by atoms with Gasteiger partial charge in [-0.15, -0.1) is 0 Å². The first-order chi connectivity index (χ1) is 8.08. The first kappa shape index (κ1) is 11.4. The van der Waals surface area contributed by atoms with Crippen molar-refractivity contribution in [3.8, 4) is 5.75 Å². The third-order valence-corrected chi connectivity index (χ3v) is 2.77. The highest BCUT2D eigenvalue weighted by atomic mass is 16.3. The van der Waals surface area contributed by atoms with Crippen LogP contribution < -0.4 is 0 Å². The lowest BCUT2D eigenvalue weighted by atomic mass is 9.97. The molecule has 2 nitrogen and oxygen atoms in total. The topological polar surface area (TPSA) is 37.3 Å². The van der Waals surface area contributed by atoms with E-state index in [4.69, 9.17) is 0 Å². The molecule has 0 unspecified atom stereocenters. The molecule has 0 aromatic heterocycles. The Morgan fingerprint density at radius 1 is 1.00 bits per heavy atom. The lowest BCUT2D eigenvalue weighted by Crippen LogP contribution is -2.03. The molecule has 0 heterocycles. The first-order valence-corrected chi connectivity index (χ1v) is 5.49. The van der Waals surface area contributed by atoms with Crippen LogP contribution in [0.2, 0.25) is 0 Å². The summed E-state index contributed by atoms with van der Waals surface area (Å²) in [5.41, 5.74) is 3.35. The predicted molar refractivity (Wildman–Crippen MR) is 67.5 cm³/mol. The summed E-state index contributed by atoms with van der Waals surface area (Å²) < 4.78 is 0. The summed E-state index contributed by atoms with van der Waals surface area (Å²) in [4.78, 5) is 12.2. The van der Waals surface area contributed by atoms with Crippen LogP contribution in [0.3, 0.4) is 0 Å². The Morgan fingerprint density at radius 3 is 2.29 bits per heavy atom. The molecule has 0 aliphatic rings. The zero-order valence-electron chi connectivity index (χ0n) is 9.90. The molecule has 2 rings (SSSR count). The number of carbonyl (C=O) groups is 1. The van der Waals surface area contributed by atoms with Crippen molar-refractivity contribution in [1.29, 1.82) is 0 Å². The average Bonchev–Trinajstić information content (AvgIpc) is 2.32. The second-order valence-corrected chi connectivity index (χ2v) is 4.19. The summed E-state index contributed by atoms with van der Waals surface area (Å²) in [7, 11) is 0. The van der Waals surface area contributed by atoms with Crippen LogP contribution in [0.15, 0.2) is 42.5 Å². The van der Waals surface area contributed by atoms with Gasteiger partial charge >= 0.3 is 0 Å². The SMILES string of the molecule is Cc1ccc(C)c(C(=O)c2ccc(O)cc2)c1. The summed E-state index contributed by atoms with van der Waals surface area (Å²) in [5.74, 6) is 0.161. The van der Waals surface area contributed by atoms with Crippen LogP contribution in [-0.2, 0) is 0 Å². The van der Waals surface area contributed by atoms with Gasteiger partial charge in [-0.1, -0.05) is 17.7 Å². The molecule has 86 valence electrons. The smallest absolute Gasteiger partial charge is 0.193 e. The van der Waals surface area contributed by atoms with E-state index in [1.54, 1.807) is 12.1 Å². The lowest BCUT2D eigenvalue weighted by molar-refractivity contribution is 0.103. The van der Waals surface area contributed by atoms with Gasteiger partial charge in [0.05, 0.1) is 0 Å². The van der Waals surface area contributed by atoms with E-state index in [1.165, 1.54) is 12.1 Å². The standard InChI is InChI=1S/C15H14O2/c1-10-3-4-11(2)14(9-10)15(17)12-5-7-13(16)8-6-12/h3-9,16H,1-2H3. The van der Waals surface area contributed by atoms with Crippen molar-refractivity contribution >= 4 is 5.78 Å². The van der Waals surface area contributed by atoms with Crippen molar-refractivity contribution in [2.75, 3.05) is 0 Å². The molecule has 0 aliphatic heterocycles. The maximum atomic E-state index is 12.2. The molecule has 2 aromatic rings. The number of hydrogen-bond acceptors (Lipinski definition) is 2. The van der Waals surface area contributed by atoms with Crippen LogP contribution in [0.4, 0.5) is 0 Å². The number of phenolic OH excluding ortho intramolecular Hbond substituents is 1. The minimum Gasteiger partial charge on any atom is -0.508 e. The van der Waals surface area contributed by atoms with Crippen molar-refractivity contribution in [2.45, 2.75) is 13.8 Å². The molecule has 2 heteroatoms. The summed E-state index contributed by atoms with van der Waals surface area (Å²) in [6.07, 6.45) is 0. The van der Waals surface area contributed by atoms with Gasteiger partial charge in [0.15, 0.2) is 5.78 Å². The third-order valence-electron chi connectivity index (χ3n) is 2.77. The Kier molecular flexibility index (Phi) is 2.96. The van der Waals surface area contributed by atoms with Crippen LogP contribution in [-0.4, -0.2) is 10.9 Å². The molecule has 0 saturated carbocycles. The molecule has 1 N–H and O–H groups in total. The fourth-order valence-electron chi connectivity index (χ4n) is 1.75. The van der Waals surface area contributed by atoms with Crippen molar-refractivity contribution in [3.63, 3.8) is 0 Å². The van der Waals surface area contributed by atoms with Gasteiger partial charge in [-0.3, -0.25) is 4.79 Å². The van der Waals surface area contributed by atoms with Crippen molar-refractivity contribution in [3.05, 3.63) is 64.7 Å². The van der Waals surface area contributed by atoms with E-state index < -0.39 is 0 Å². The molecule has 0 bridgehead atoms. The van der Waals surface area contributed by atoms with Crippen molar-refractivity contribution in [2.24, 2.45) is 0 Å². The molecule has 0 radical (unpaired) electrons. The number of rotatable bonds is 2. The predicted octanol–water partition coefficient (Wildman–Crippen LogP) is 3.24. The van der Waals surface area contributed by atoms with Gasteiger partial charge in [-0.25, -0.2) is 0 Å². The van der Waals surface area contributed by atoms with E-state index in [9.17, 15) is 9.90 Å². The second kappa shape index (κ2) is 4.42. The van der Waals surface area contributed by atoms with E-state index in [2.05, 4.69) is 0 Å². The molecule has 17 heavy (non-hydrogen) atoms. The maximum Gasteiger partial charge on any atom is 0.193 e. The highest BCUT2D eigenvalue weighted by Crippen LogP contribution is 2.17. The fourth-order valence-corrected chi connectivity index (χ4v) is 1.75. The van der Waals surface area contributed by atoms with Crippen LogP contribution in [0.5, 0.6) is 5.75 Å². The van der Waals surface area contributed by atoms with E-state index >= 15 is 0 Å². The molecule has 0 saturated heterocycles. The van der Waals surface area contributed by atoms with E-state index in [0.29, 0.717) is 5.56 Å². The van der Waals surface area contributed by atoms with E-state index in [1.807, 2.05) is 32.0 Å². The van der Waals surface area contributed by atoms with Crippen molar-refractivity contribution < 1.29 is 9.90 Å². The number of aromatic hydroxyl groups is 1. The maximum absolute atomic E-state index is 12.2. The van der Waals surface area contributed by atoms with Crippen molar-refractivity contribution in [1.82, 2.24) is 0 Å². The number of carbonyl (C=O) groups excluding carboxylic acids is 1. The van der Waals surface area contributed by atoms with Crippen LogP contribution >= 0.6 is 0 Å².